The molecule has 108 valence electrons. The number of hydrogen-bond acceptors (Lipinski definition) is 6. The fourth-order valence-corrected chi connectivity index (χ4v) is 2.92. The lowest BCUT2D eigenvalue weighted by atomic mass is 9.92. The summed E-state index contributed by atoms with van der Waals surface area (Å²) in [6.07, 6.45) is 0. The monoisotopic (exact) mass is 350 g/mol. The zero-order chi connectivity index (χ0) is 14.5. The average Bonchev–Trinajstić information content (AvgIpc) is 2.43. The molecule has 7 heteroatoms. The van der Waals surface area contributed by atoms with Gasteiger partial charge in [0.05, 0.1) is 26.9 Å². The van der Waals surface area contributed by atoms with Crippen LogP contribution in [0.15, 0.2) is 11.2 Å². The van der Waals surface area contributed by atoms with Crippen molar-refractivity contribution in [2.24, 2.45) is 5.41 Å². The molecule has 0 fully saturated rings. The Hall–Kier alpha value is -0.530. The summed E-state index contributed by atoms with van der Waals surface area (Å²) in [5.41, 5.74) is -0.0842. The molecule has 0 bridgehead atoms. The lowest BCUT2D eigenvalue weighted by Gasteiger charge is -2.30. The molecule has 0 amide bonds. The zero-order valence-electron chi connectivity index (χ0n) is 11.5. The van der Waals surface area contributed by atoms with Gasteiger partial charge in [-0.1, -0.05) is 41.5 Å². The molecule has 19 heavy (non-hydrogen) atoms. The minimum absolute atomic E-state index is 0.0244. The van der Waals surface area contributed by atoms with Gasteiger partial charge in [0, 0.05) is 10.6 Å². The van der Waals surface area contributed by atoms with Crippen molar-refractivity contribution in [3.63, 3.8) is 0 Å². The van der Waals surface area contributed by atoms with E-state index < -0.39 is 0 Å². The molecule has 0 saturated carbocycles. The molecule has 0 aliphatic carbocycles. The topological polar surface area (TPSA) is 64.5 Å². The van der Waals surface area contributed by atoms with Crippen LogP contribution in [0.1, 0.15) is 13.8 Å². The van der Waals surface area contributed by atoms with E-state index in [1.54, 1.807) is 20.3 Å². The molecule has 1 atom stereocenters. The van der Waals surface area contributed by atoms with Crippen LogP contribution in [0.2, 0.25) is 0 Å². The number of rotatable bonds is 7. The largest absolute Gasteiger partial charge is 0.481 e. The maximum absolute atomic E-state index is 9.55. The van der Waals surface area contributed by atoms with Gasteiger partial charge in [0.25, 0.3) is 0 Å². The normalized spacial score (nSPS) is 13.2. The Kier molecular flexibility index (Phi) is 6.35. The predicted molar refractivity (Wildman–Crippen MR) is 79.4 cm³/mol. The van der Waals surface area contributed by atoms with Gasteiger partial charge in [0.2, 0.25) is 11.8 Å². The Morgan fingerprint density at radius 1 is 1.32 bits per heavy atom. The molecule has 0 saturated heterocycles. The van der Waals surface area contributed by atoms with Crippen molar-refractivity contribution in [3.05, 3.63) is 6.07 Å². The van der Waals surface area contributed by atoms with E-state index in [9.17, 15) is 5.11 Å². The summed E-state index contributed by atoms with van der Waals surface area (Å²) in [4.78, 5) is 8.52. The summed E-state index contributed by atoms with van der Waals surface area (Å²) in [7, 11) is 3.09. The molecule has 1 unspecified atom stereocenters. The van der Waals surface area contributed by atoms with Crippen LogP contribution in [0, 0.1) is 5.41 Å². The highest BCUT2D eigenvalue weighted by atomic mass is 79.9. The van der Waals surface area contributed by atoms with Gasteiger partial charge in [0.15, 0.2) is 5.16 Å². The second-order valence-electron chi connectivity index (χ2n) is 4.65. The van der Waals surface area contributed by atoms with E-state index in [0.29, 0.717) is 16.9 Å². The smallest absolute Gasteiger partial charge is 0.220 e. The Labute approximate surface area is 126 Å². The Morgan fingerprint density at radius 3 is 2.21 bits per heavy atom. The highest BCUT2D eigenvalue weighted by Crippen LogP contribution is 2.36. The third-order valence-corrected chi connectivity index (χ3v) is 5.62. The van der Waals surface area contributed by atoms with E-state index in [0.717, 1.165) is 5.33 Å². The fourth-order valence-electron chi connectivity index (χ4n) is 1.30. The SMILES string of the molecule is COc1cc(OC)nc(SC(CO)C(C)(C)CBr)n1. The average molecular weight is 351 g/mol. The molecule has 1 rings (SSSR count). The quantitative estimate of drug-likeness (QED) is 0.462. The van der Waals surface area contributed by atoms with Gasteiger partial charge in [-0.25, -0.2) is 0 Å². The van der Waals surface area contributed by atoms with E-state index in [4.69, 9.17) is 9.47 Å². The number of alkyl halides is 1. The molecule has 0 spiro atoms. The molecule has 0 aromatic carbocycles. The maximum Gasteiger partial charge on any atom is 0.220 e. The van der Waals surface area contributed by atoms with Gasteiger partial charge in [-0.2, -0.15) is 9.97 Å². The van der Waals surface area contributed by atoms with Crippen molar-refractivity contribution in [1.82, 2.24) is 9.97 Å². The Bertz CT molecular complexity index is 396. The van der Waals surface area contributed by atoms with Gasteiger partial charge in [-0.05, 0) is 5.41 Å². The molecule has 5 nitrogen and oxygen atoms in total. The van der Waals surface area contributed by atoms with Gasteiger partial charge >= 0.3 is 0 Å². The van der Waals surface area contributed by atoms with Crippen molar-refractivity contribution in [3.8, 4) is 11.8 Å². The standard InChI is InChI=1S/C12H19BrN2O3S/c1-12(2,7-13)8(6-16)19-11-14-9(17-3)5-10(15-11)18-4/h5,8,16H,6-7H2,1-4H3. The third-order valence-electron chi connectivity index (χ3n) is 2.71. The summed E-state index contributed by atoms with van der Waals surface area (Å²) in [6, 6.07) is 1.62. The second kappa shape index (κ2) is 7.31. The predicted octanol–water partition coefficient (Wildman–Crippen LogP) is 2.37. The number of halogens is 1. The number of aliphatic hydroxyl groups is 1. The lowest BCUT2D eigenvalue weighted by molar-refractivity contribution is 0.238. The van der Waals surface area contributed by atoms with Crippen LogP contribution in [0.3, 0.4) is 0 Å². The lowest BCUT2D eigenvalue weighted by Crippen LogP contribution is -2.31. The Balaban J connectivity index is 2.96. The Morgan fingerprint density at radius 2 is 1.84 bits per heavy atom. The molecule has 1 N–H and O–H groups in total. The fraction of sp³-hybridized carbons (Fsp3) is 0.667. The van der Waals surface area contributed by atoms with Crippen LogP contribution in [0.4, 0.5) is 0 Å². The second-order valence-corrected chi connectivity index (χ2v) is 6.38. The molecule has 1 heterocycles. The van der Waals surface area contributed by atoms with E-state index in [1.165, 1.54) is 11.8 Å². The molecule has 0 aliphatic rings. The van der Waals surface area contributed by atoms with Crippen LogP contribution in [-0.4, -0.2) is 46.5 Å². The molecular weight excluding hydrogens is 332 g/mol. The van der Waals surface area contributed by atoms with Crippen LogP contribution in [-0.2, 0) is 0 Å². The number of nitrogens with zero attached hydrogens (tertiary/aromatic N) is 2. The molecule has 1 aromatic heterocycles. The van der Waals surface area contributed by atoms with Crippen molar-refractivity contribution in [2.45, 2.75) is 24.3 Å². The first-order valence-electron chi connectivity index (χ1n) is 5.77. The zero-order valence-corrected chi connectivity index (χ0v) is 13.9. The van der Waals surface area contributed by atoms with Crippen molar-refractivity contribution in [1.29, 1.82) is 0 Å². The number of ether oxygens (including phenoxy) is 2. The first-order chi connectivity index (χ1) is 8.96. The van der Waals surface area contributed by atoms with Gasteiger partial charge in [-0.15, -0.1) is 0 Å². The number of thioether (sulfide) groups is 1. The highest BCUT2D eigenvalue weighted by molar-refractivity contribution is 9.09. The minimum atomic E-state index is -0.0842. The van der Waals surface area contributed by atoms with Crippen LogP contribution in [0.25, 0.3) is 0 Å². The minimum Gasteiger partial charge on any atom is -0.481 e. The van der Waals surface area contributed by atoms with E-state index in [1.807, 2.05) is 0 Å². The summed E-state index contributed by atoms with van der Waals surface area (Å²) < 4.78 is 10.2. The highest BCUT2D eigenvalue weighted by Gasteiger charge is 2.30. The number of aromatic nitrogens is 2. The molecule has 1 aromatic rings. The maximum atomic E-state index is 9.55. The van der Waals surface area contributed by atoms with Crippen LogP contribution < -0.4 is 9.47 Å². The molecule has 0 aliphatic heterocycles. The summed E-state index contributed by atoms with van der Waals surface area (Å²) in [6.45, 7) is 4.20. The van der Waals surface area contributed by atoms with E-state index in [-0.39, 0.29) is 17.3 Å². The van der Waals surface area contributed by atoms with Crippen LogP contribution in [0.5, 0.6) is 11.8 Å². The van der Waals surface area contributed by atoms with E-state index >= 15 is 0 Å². The van der Waals surface area contributed by atoms with Gasteiger partial charge in [0.1, 0.15) is 0 Å². The van der Waals surface area contributed by atoms with E-state index in [2.05, 4.69) is 39.7 Å². The summed E-state index contributed by atoms with van der Waals surface area (Å²) >= 11 is 4.88. The third kappa shape index (κ3) is 4.50. The van der Waals surface area contributed by atoms with Gasteiger partial charge in [-0.3, -0.25) is 0 Å². The summed E-state index contributed by atoms with van der Waals surface area (Å²) in [5.74, 6) is 0.894. The first-order valence-corrected chi connectivity index (χ1v) is 7.77. The van der Waals surface area contributed by atoms with Crippen molar-refractivity contribution < 1.29 is 14.6 Å². The van der Waals surface area contributed by atoms with Crippen molar-refractivity contribution in [2.75, 3.05) is 26.2 Å². The number of aliphatic hydroxyl groups excluding tert-OH is 1. The molecule has 0 radical (unpaired) electrons. The van der Waals surface area contributed by atoms with Crippen LogP contribution >= 0.6 is 27.7 Å². The number of methoxy groups -OCH3 is 2. The van der Waals surface area contributed by atoms with Gasteiger partial charge < -0.3 is 14.6 Å². The molecular formula is C12H19BrN2O3S. The van der Waals surface area contributed by atoms with Crippen molar-refractivity contribution >= 4 is 27.7 Å². The number of hydrogen-bond donors (Lipinski definition) is 1. The summed E-state index contributed by atoms with van der Waals surface area (Å²) in [5, 5.41) is 10.8. The first kappa shape index (κ1) is 16.5.